The van der Waals surface area contributed by atoms with Crippen molar-refractivity contribution >= 4 is 21.6 Å². The molecule has 2 fully saturated rings. The minimum absolute atomic E-state index is 0.452. The predicted molar refractivity (Wildman–Crippen MR) is 77.9 cm³/mol. The molecule has 6 heteroatoms. The highest BCUT2D eigenvalue weighted by molar-refractivity contribution is 8.77. The SMILES string of the molecule is CC(C)N1CCN(C2NC(N(C)C)SS2)CC1. The maximum absolute atomic E-state index is 3.66. The zero-order valence-electron chi connectivity index (χ0n) is 11.2. The van der Waals surface area contributed by atoms with Crippen LogP contribution in [0.5, 0.6) is 0 Å². The highest BCUT2D eigenvalue weighted by atomic mass is 33.1. The van der Waals surface area contributed by atoms with E-state index < -0.39 is 0 Å². The van der Waals surface area contributed by atoms with Crippen molar-refractivity contribution in [2.75, 3.05) is 40.3 Å². The van der Waals surface area contributed by atoms with Crippen LogP contribution in [0.3, 0.4) is 0 Å². The van der Waals surface area contributed by atoms with Crippen LogP contribution in [0.1, 0.15) is 13.8 Å². The largest absolute Gasteiger partial charge is 0.298 e. The summed E-state index contributed by atoms with van der Waals surface area (Å²) < 4.78 is 0. The van der Waals surface area contributed by atoms with Crippen molar-refractivity contribution < 1.29 is 0 Å². The molecule has 2 aliphatic rings. The quantitative estimate of drug-likeness (QED) is 0.775. The molecule has 1 N–H and O–H groups in total. The van der Waals surface area contributed by atoms with Gasteiger partial charge in [0.2, 0.25) is 0 Å². The van der Waals surface area contributed by atoms with Crippen LogP contribution >= 0.6 is 21.6 Å². The summed E-state index contributed by atoms with van der Waals surface area (Å²) in [5.74, 6) is 0. The maximum Gasteiger partial charge on any atom is 0.120 e. The molecule has 0 amide bonds. The lowest BCUT2D eigenvalue weighted by atomic mass is 10.2. The van der Waals surface area contributed by atoms with E-state index in [4.69, 9.17) is 0 Å². The van der Waals surface area contributed by atoms with Crippen LogP contribution in [-0.4, -0.2) is 72.0 Å². The van der Waals surface area contributed by atoms with E-state index in [-0.39, 0.29) is 0 Å². The van der Waals surface area contributed by atoms with Crippen molar-refractivity contribution in [3.05, 3.63) is 0 Å². The van der Waals surface area contributed by atoms with E-state index in [1.54, 1.807) is 0 Å². The Morgan fingerprint density at radius 2 is 1.76 bits per heavy atom. The van der Waals surface area contributed by atoms with E-state index in [1.165, 1.54) is 26.2 Å². The molecule has 0 spiro atoms. The molecule has 2 aliphatic heterocycles. The molecule has 0 aromatic heterocycles. The first-order chi connectivity index (χ1) is 8.08. The Morgan fingerprint density at radius 3 is 2.24 bits per heavy atom. The lowest BCUT2D eigenvalue weighted by Crippen LogP contribution is -2.55. The number of hydrogen-bond donors (Lipinski definition) is 1. The molecule has 2 rings (SSSR count). The van der Waals surface area contributed by atoms with Crippen molar-refractivity contribution in [3.8, 4) is 0 Å². The monoisotopic (exact) mass is 276 g/mol. The van der Waals surface area contributed by atoms with Gasteiger partial charge in [-0.15, -0.1) is 0 Å². The number of hydrogen-bond acceptors (Lipinski definition) is 6. The molecule has 4 nitrogen and oxygen atoms in total. The molecule has 0 saturated carbocycles. The molecular formula is C11H24N4S2. The fourth-order valence-corrected chi connectivity index (χ4v) is 5.19. The minimum atomic E-state index is 0.452. The lowest BCUT2D eigenvalue weighted by Gasteiger charge is -2.39. The van der Waals surface area contributed by atoms with Gasteiger partial charge in [0.25, 0.3) is 0 Å². The normalized spacial score (nSPS) is 32.8. The van der Waals surface area contributed by atoms with Gasteiger partial charge >= 0.3 is 0 Å². The summed E-state index contributed by atoms with van der Waals surface area (Å²) in [5.41, 5.74) is 0.940. The minimum Gasteiger partial charge on any atom is -0.298 e. The first-order valence-electron chi connectivity index (χ1n) is 6.30. The summed E-state index contributed by atoms with van der Waals surface area (Å²) in [7, 11) is 8.16. The van der Waals surface area contributed by atoms with Crippen molar-refractivity contribution in [2.24, 2.45) is 0 Å². The third-order valence-corrected chi connectivity index (χ3v) is 6.30. The molecule has 2 unspecified atom stereocenters. The molecule has 0 bridgehead atoms. The molecule has 0 aromatic carbocycles. The second-order valence-electron chi connectivity index (χ2n) is 5.19. The zero-order chi connectivity index (χ0) is 12.4. The number of nitrogens with one attached hydrogen (secondary N) is 1. The molecular weight excluding hydrogens is 252 g/mol. The van der Waals surface area contributed by atoms with E-state index in [1.807, 2.05) is 21.6 Å². The number of nitrogens with zero attached hydrogens (tertiary/aromatic N) is 3. The van der Waals surface area contributed by atoms with E-state index in [0.717, 1.165) is 0 Å². The Morgan fingerprint density at radius 1 is 1.12 bits per heavy atom. The summed E-state index contributed by atoms with van der Waals surface area (Å²) in [4.78, 5) is 7.37. The van der Waals surface area contributed by atoms with Gasteiger partial charge in [-0.3, -0.25) is 20.0 Å². The van der Waals surface area contributed by atoms with E-state index in [2.05, 4.69) is 48.0 Å². The fourth-order valence-electron chi connectivity index (χ4n) is 2.17. The number of rotatable bonds is 3. The van der Waals surface area contributed by atoms with Crippen LogP contribution in [0.2, 0.25) is 0 Å². The van der Waals surface area contributed by atoms with Crippen LogP contribution < -0.4 is 5.32 Å². The molecule has 2 atom stereocenters. The van der Waals surface area contributed by atoms with Crippen molar-refractivity contribution in [1.29, 1.82) is 0 Å². The smallest absolute Gasteiger partial charge is 0.120 e. The highest BCUT2D eigenvalue weighted by Crippen LogP contribution is 2.38. The van der Waals surface area contributed by atoms with Gasteiger partial charge in [-0.1, -0.05) is 21.6 Å². The highest BCUT2D eigenvalue weighted by Gasteiger charge is 2.33. The Balaban J connectivity index is 1.78. The van der Waals surface area contributed by atoms with Gasteiger partial charge in [-0.05, 0) is 27.9 Å². The third-order valence-electron chi connectivity index (χ3n) is 3.40. The molecule has 0 aromatic rings. The predicted octanol–water partition coefficient (Wildman–Crippen LogP) is 1.13. The van der Waals surface area contributed by atoms with Crippen LogP contribution in [0.15, 0.2) is 0 Å². The summed E-state index contributed by atoms with van der Waals surface area (Å²) in [6.45, 7) is 9.35. The van der Waals surface area contributed by atoms with Gasteiger partial charge < -0.3 is 0 Å². The molecule has 0 aliphatic carbocycles. The van der Waals surface area contributed by atoms with E-state index in [0.29, 0.717) is 17.0 Å². The van der Waals surface area contributed by atoms with Crippen molar-refractivity contribution in [3.63, 3.8) is 0 Å². The Kier molecular flexibility index (Phi) is 5.03. The van der Waals surface area contributed by atoms with Gasteiger partial charge in [0.1, 0.15) is 11.0 Å². The fraction of sp³-hybridized carbons (Fsp3) is 1.00. The van der Waals surface area contributed by atoms with Gasteiger partial charge in [-0.2, -0.15) is 0 Å². The van der Waals surface area contributed by atoms with Crippen molar-refractivity contribution in [2.45, 2.75) is 30.9 Å². The summed E-state index contributed by atoms with van der Waals surface area (Å²) in [6.07, 6.45) is 0. The maximum atomic E-state index is 3.66. The second-order valence-corrected chi connectivity index (χ2v) is 7.63. The van der Waals surface area contributed by atoms with Gasteiger partial charge in [0.05, 0.1) is 0 Å². The molecule has 2 heterocycles. The standard InChI is InChI=1S/C11H24N4S2/c1-9(2)14-5-7-15(8-6-14)11-12-10(13(3)4)16-17-11/h9-12H,5-8H2,1-4H3. The van der Waals surface area contributed by atoms with Crippen LogP contribution in [0.25, 0.3) is 0 Å². The molecule has 2 saturated heterocycles. The second kappa shape index (κ2) is 6.12. The van der Waals surface area contributed by atoms with Gasteiger partial charge in [-0.25, -0.2) is 0 Å². The summed E-state index contributed by atoms with van der Waals surface area (Å²) >= 11 is 0. The molecule has 0 radical (unpaired) electrons. The number of piperazine rings is 1. The third kappa shape index (κ3) is 3.52. The Labute approximate surface area is 113 Å². The van der Waals surface area contributed by atoms with Crippen LogP contribution in [-0.2, 0) is 0 Å². The average Bonchev–Trinajstić information content (AvgIpc) is 2.78. The van der Waals surface area contributed by atoms with Gasteiger partial charge in [0.15, 0.2) is 0 Å². The zero-order valence-corrected chi connectivity index (χ0v) is 12.9. The summed E-state index contributed by atoms with van der Waals surface area (Å²) in [5, 5.41) is 3.66. The first kappa shape index (κ1) is 14.0. The lowest BCUT2D eigenvalue weighted by molar-refractivity contribution is 0.0891. The van der Waals surface area contributed by atoms with Crippen molar-refractivity contribution in [1.82, 2.24) is 20.0 Å². The molecule has 100 valence electrons. The van der Waals surface area contributed by atoms with Gasteiger partial charge in [0, 0.05) is 32.2 Å². The summed E-state index contributed by atoms with van der Waals surface area (Å²) in [6, 6.07) is 0.685. The topological polar surface area (TPSA) is 21.8 Å². The van der Waals surface area contributed by atoms with E-state index >= 15 is 0 Å². The average molecular weight is 276 g/mol. The van der Waals surface area contributed by atoms with Crippen LogP contribution in [0, 0.1) is 0 Å². The first-order valence-corrected chi connectivity index (χ1v) is 8.58. The Bertz CT molecular complexity index is 242. The van der Waals surface area contributed by atoms with E-state index in [9.17, 15) is 0 Å². The Hall–Kier alpha value is 0.540. The van der Waals surface area contributed by atoms with Crippen LogP contribution in [0.4, 0.5) is 0 Å². The molecule has 17 heavy (non-hydrogen) atoms.